The van der Waals surface area contributed by atoms with Crippen LogP contribution in [0.1, 0.15) is 24.4 Å². The fraction of sp³-hybridized carbons (Fsp3) is 0.385. The van der Waals surface area contributed by atoms with Crippen molar-refractivity contribution < 1.29 is 0 Å². The van der Waals surface area contributed by atoms with Crippen molar-refractivity contribution in [3.8, 4) is 10.7 Å². The van der Waals surface area contributed by atoms with Crippen LogP contribution in [0.4, 0.5) is 0 Å². The van der Waals surface area contributed by atoms with E-state index in [0.717, 1.165) is 22.9 Å². The molecule has 3 nitrogen and oxygen atoms in total. The lowest BCUT2D eigenvalue weighted by Gasteiger charge is -2.05. The van der Waals surface area contributed by atoms with Crippen LogP contribution >= 0.6 is 22.9 Å². The number of hydrogen-bond donors (Lipinski definition) is 1. The molecular formula is C13H16ClN3S. The van der Waals surface area contributed by atoms with Gasteiger partial charge in [0.25, 0.3) is 0 Å². The molecule has 5 heteroatoms. The molecule has 2 aromatic heterocycles. The first-order chi connectivity index (χ1) is 8.56. The summed E-state index contributed by atoms with van der Waals surface area (Å²) in [6.07, 6.45) is 1.65. The fourth-order valence-electron chi connectivity index (χ4n) is 1.50. The third-order valence-electron chi connectivity index (χ3n) is 2.51. The number of thiazole rings is 1. The standard InChI is InChI=1S/C13H16ClN3S/c1-8(2)15-7-12-9(3)17-13(18-12)11-5-4-10(14)6-16-11/h4-6,8,15H,7H2,1-3H3. The van der Waals surface area contributed by atoms with Crippen molar-refractivity contribution in [1.82, 2.24) is 15.3 Å². The molecule has 0 unspecified atom stereocenters. The maximum atomic E-state index is 5.83. The van der Waals surface area contributed by atoms with Crippen molar-refractivity contribution in [1.29, 1.82) is 0 Å². The summed E-state index contributed by atoms with van der Waals surface area (Å²) >= 11 is 7.51. The van der Waals surface area contributed by atoms with Gasteiger partial charge >= 0.3 is 0 Å². The highest BCUT2D eigenvalue weighted by Crippen LogP contribution is 2.27. The average molecular weight is 282 g/mol. The van der Waals surface area contributed by atoms with E-state index in [0.29, 0.717) is 11.1 Å². The van der Waals surface area contributed by atoms with Gasteiger partial charge in [0.05, 0.1) is 16.4 Å². The van der Waals surface area contributed by atoms with Crippen LogP contribution in [0.15, 0.2) is 18.3 Å². The highest BCUT2D eigenvalue weighted by atomic mass is 35.5. The van der Waals surface area contributed by atoms with Crippen LogP contribution in [0.3, 0.4) is 0 Å². The van der Waals surface area contributed by atoms with E-state index in [4.69, 9.17) is 11.6 Å². The number of hydrogen-bond acceptors (Lipinski definition) is 4. The lowest BCUT2D eigenvalue weighted by atomic mass is 10.3. The number of rotatable bonds is 4. The summed E-state index contributed by atoms with van der Waals surface area (Å²) in [5.74, 6) is 0. The van der Waals surface area contributed by atoms with Crippen molar-refractivity contribution in [2.75, 3.05) is 0 Å². The van der Waals surface area contributed by atoms with E-state index in [9.17, 15) is 0 Å². The Labute approximate surface area is 116 Å². The number of halogens is 1. The maximum absolute atomic E-state index is 5.83. The molecule has 0 bridgehead atoms. The molecule has 0 spiro atoms. The minimum Gasteiger partial charge on any atom is -0.310 e. The molecule has 0 atom stereocenters. The third-order valence-corrected chi connectivity index (χ3v) is 3.91. The Morgan fingerprint density at radius 1 is 1.39 bits per heavy atom. The zero-order valence-corrected chi connectivity index (χ0v) is 12.3. The van der Waals surface area contributed by atoms with Crippen molar-refractivity contribution >= 4 is 22.9 Å². The van der Waals surface area contributed by atoms with Crippen LogP contribution in [-0.2, 0) is 6.54 Å². The first kappa shape index (κ1) is 13.5. The summed E-state index contributed by atoms with van der Waals surface area (Å²) < 4.78 is 0. The van der Waals surface area contributed by atoms with Gasteiger partial charge in [0.1, 0.15) is 5.01 Å². The second-order valence-corrected chi connectivity index (χ2v) is 5.94. The molecule has 0 saturated heterocycles. The monoisotopic (exact) mass is 281 g/mol. The number of pyridine rings is 1. The Morgan fingerprint density at radius 3 is 2.78 bits per heavy atom. The van der Waals surface area contributed by atoms with Gasteiger partial charge in [0, 0.05) is 23.7 Å². The quantitative estimate of drug-likeness (QED) is 0.929. The SMILES string of the molecule is Cc1nc(-c2ccc(Cl)cn2)sc1CNC(C)C. The van der Waals surface area contributed by atoms with Crippen LogP contribution in [0.2, 0.25) is 5.02 Å². The summed E-state index contributed by atoms with van der Waals surface area (Å²) in [7, 11) is 0. The Kier molecular flexibility index (Phi) is 4.32. The molecule has 0 aliphatic rings. The van der Waals surface area contributed by atoms with Crippen LogP contribution in [0.25, 0.3) is 10.7 Å². The minimum absolute atomic E-state index is 0.476. The third kappa shape index (κ3) is 3.28. The van der Waals surface area contributed by atoms with Gasteiger partial charge < -0.3 is 5.32 Å². The zero-order valence-electron chi connectivity index (χ0n) is 10.7. The van der Waals surface area contributed by atoms with Gasteiger partial charge in [-0.15, -0.1) is 11.3 Å². The molecule has 1 N–H and O–H groups in total. The van der Waals surface area contributed by atoms with Gasteiger partial charge in [-0.2, -0.15) is 0 Å². The topological polar surface area (TPSA) is 37.8 Å². The van der Waals surface area contributed by atoms with Crippen molar-refractivity contribution in [2.24, 2.45) is 0 Å². The number of nitrogens with zero attached hydrogens (tertiary/aromatic N) is 2. The summed E-state index contributed by atoms with van der Waals surface area (Å²) in [5, 5.41) is 5.00. The summed E-state index contributed by atoms with van der Waals surface area (Å²) in [6.45, 7) is 7.16. The molecule has 0 aliphatic heterocycles. The molecule has 2 aromatic rings. The average Bonchev–Trinajstić information content (AvgIpc) is 2.69. The molecule has 0 radical (unpaired) electrons. The van der Waals surface area contributed by atoms with Crippen LogP contribution in [-0.4, -0.2) is 16.0 Å². The minimum atomic E-state index is 0.476. The largest absolute Gasteiger partial charge is 0.310 e. The summed E-state index contributed by atoms with van der Waals surface area (Å²) in [6, 6.07) is 4.22. The van der Waals surface area contributed by atoms with E-state index in [2.05, 4.69) is 29.1 Å². The Balaban J connectivity index is 2.20. The van der Waals surface area contributed by atoms with E-state index < -0.39 is 0 Å². The van der Waals surface area contributed by atoms with Gasteiger partial charge in [0.2, 0.25) is 0 Å². The smallest absolute Gasteiger partial charge is 0.142 e. The lowest BCUT2D eigenvalue weighted by Crippen LogP contribution is -2.21. The van der Waals surface area contributed by atoms with E-state index in [1.807, 2.05) is 19.1 Å². The molecule has 96 valence electrons. The van der Waals surface area contributed by atoms with Crippen molar-refractivity contribution in [3.63, 3.8) is 0 Å². The molecular weight excluding hydrogens is 266 g/mol. The van der Waals surface area contributed by atoms with Crippen molar-refractivity contribution in [3.05, 3.63) is 33.9 Å². The van der Waals surface area contributed by atoms with Crippen LogP contribution in [0, 0.1) is 6.92 Å². The van der Waals surface area contributed by atoms with Gasteiger partial charge in [0.15, 0.2) is 0 Å². The molecule has 0 saturated carbocycles. The van der Waals surface area contributed by atoms with Crippen LogP contribution in [0.5, 0.6) is 0 Å². The Morgan fingerprint density at radius 2 is 2.17 bits per heavy atom. The first-order valence-electron chi connectivity index (χ1n) is 5.88. The lowest BCUT2D eigenvalue weighted by molar-refractivity contribution is 0.591. The van der Waals surface area contributed by atoms with Gasteiger partial charge in [-0.1, -0.05) is 25.4 Å². The van der Waals surface area contributed by atoms with Gasteiger partial charge in [-0.25, -0.2) is 4.98 Å². The molecule has 18 heavy (non-hydrogen) atoms. The van der Waals surface area contributed by atoms with E-state index >= 15 is 0 Å². The second-order valence-electron chi connectivity index (χ2n) is 4.42. The molecule has 0 aliphatic carbocycles. The zero-order chi connectivity index (χ0) is 13.1. The van der Waals surface area contributed by atoms with Crippen LogP contribution < -0.4 is 5.32 Å². The Hall–Kier alpha value is -0.970. The molecule has 0 amide bonds. The summed E-state index contributed by atoms with van der Waals surface area (Å²) in [4.78, 5) is 10.1. The molecule has 2 heterocycles. The van der Waals surface area contributed by atoms with E-state index in [1.54, 1.807) is 17.5 Å². The number of nitrogens with one attached hydrogen (secondary N) is 1. The second kappa shape index (κ2) is 5.78. The Bertz CT molecular complexity index is 520. The normalized spacial score (nSPS) is 11.2. The highest BCUT2D eigenvalue weighted by Gasteiger charge is 2.10. The van der Waals surface area contributed by atoms with E-state index in [-0.39, 0.29) is 0 Å². The van der Waals surface area contributed by atoms with Gasteiger partial charge in [-0.05, 0) is 19.1 Å². The maximum Gasteiger partial charge on any atom is 0.142 e. The first-order valence-corrected chi connectivity index (χ1v) is 7.07. The predicted molar refractivity (Wildman–Crippen MR) is 77.1 cm³/mol. The summed E-state index contributed by atoms with van der Waals surface area (Å²) in [5.41, 5.74) is 1.95. The molecule has 2 rings (SSSR count). The van der Waals surface area contributed by atoms with Gasteiger partial charge in [-0.3, -0.25) is 4.98 Å². The highest BCUT2D eigenvalue weighted by molar-refractivity contribution is 7.15. The molecule has 0 fully saturated rings. The molecule has 0 aromatic carbocycles. The number of aromatic nitrogens is 2. The number of aryl methyl sites for hydroxylation is 1. The van der Waals surface area contributed by atoms with Crippen molar-refractivity contribution in [2.45, 2.75) is 33.4 Å². The predicted octanol–water partition coefficient (Wildman–Crippen LogP) is 3.66. The fourth-order valence-corrected chi connectivity index (χ4v) is 2.60. The van der Waals surface area contributed by atoms with E-state index in [1.165, 1.54) is 4.88 Å².